The maximum atomic E-state index is 9.98. The van der Waals surface area contributed by atoms with E-state index in [9.17, 15) is 5.11 Å². The summed E-state index contributed by atoms with van der Waals surface area (Å²) in [4.78, 5) is 0. The van der Waals surface area contributed by atoms with Crippen molar-refractivity contribution in [2.45, 2.75) is 52.6 Å². The van der Waals surface area contributed by atoms with Crippen molar-refractivity contribution in [3.63, 3.8) is 0 Å². The van der Waals surface area contributed by atoms with Crippen LogP contribution >= 0.6 is 0 Å². The van der Waals surface area contributed by atoms with E-state index in [2.05, 4.69) is 19.2 Å². The maximum Gasteiger partial charge on any atom is 0.122 e. The molecular weight excluding hydrogens is 262 g/mol. The minimum atomic E-state index is -0.465. The molecule has 2 atom stereocenters. The molecule has 0 aromatic heterocycles. The highest BCUT2D eigenvalue weighted by atomic mass is 16.5. The number of hydrogen-bond donors (Lipinski definition) is 2. The van der Waals surface area contributed by atoms with Gasteiger partial charge < -0.3 is 15.2 Å². The lowest BCUT2D eigenvalue weighted by Crippen LogP contribution is -2.34. The Morgan fingerprint density at radius 2 is 1.95 bits per heavy atom. The van der Waals surface area contributed by atoms with Crippen LogP contribution in [0.15, 0.2) is 24.3 Å². The Hall–Kier alpha value is -1.06. The van der Waals surface area contributed by atoms with Gasteiger partial charge in [0.25, 0.3) is 0 Å². The van der Waals surface area contributed by atoms with E-state index >= 15 is 0 Å². The van der Waals surface area contributed by atoms with Crippen molar-refractivity contribution in [3.8, 4) is 5.75 Å². The molecule has 0 fully saturated rings. The molecule has 3 heteroatoms. The Morgan fingerprint density at radius 3 is 2.62 bits per heavy atom. The largest absolute Gasteiger partial charge is 0.491 e. The van der Waals surface area contributed by atoms with Crippen LogP contribution in [0.4, 0.5) is 0 Å². The molecule has 0 heterocycles. The number of aliphatic hydroxyl groups excluding tert-OH is 1. The molecule has 0 aliphatic carbocycles. The number of aryl methyl sites for hydroxylation is 1. The molecule has 3 nitrogen and oxygen atoms in total. The number of nitrogens with one attached hydrogen (secondary N) is 1. The fourth-order valence-electron chi connectivity index (χ4n) is 2.36. The predicted molar refractivity (Wildman–Crippen MR) is 88.9 cm³/mol. The van der Waals surface area contributed by atoms with Crippen LogP contribution in [-0.4, -0.2) is 30.9 Å². The monoisotopic (exact) mass is 293 g/mol. The van der Waals surface area contributed by atoms with Crippen LogP contribution in [0.5, 0.6) is 5.75 Å². The van der Waals surface area contributed by atoms with Gasteiger partial charge in [0.15, 0.2) is 0 Å². The molecule has 1 aromatic carbocycles. The van der Waals surface area contributed by atoms with E-state index in [0.29, 0.717) is 13.2 Å². The predicted octanol–water partition coefficient (Wildman–Crippen LogP) is 3.54. The van der Waals surface area contributed by atoms with Crippen LogP contribution in [0.3, 0.4) is 0 Å². The Morgan fingerprint density at radius 1 is 1.19 bits per heavy atom. The van der Waals surface area contributed by atoms with Crippen molar-refractivity contribution in [3.05, 3.63) is 29.8 Å². The summed E-state index contributed by atoms with van der Waals surface area (Å²) in [6.45, 7) is 8.39. The molecule has 0 aliphatic heterocycles. The van der Waals surface area contributed by atoms with Gasteiger partial charge in [0, 0.05) is 6.54 Å². The SMILES string of the molecule is CCCCC(CC)CNCC(O)COc1ccccc1C. The Bertz CT molecular complexity index is 381. The van der Waals surface area contributed by atoms with Crippen molar-refractivity contribution in [1.29, 1.82) is 0 Å². The van der Waals surface area contributed by atoms with Crippen molar-refractivity contribution < 1.29 is 9.84 Å². The zero-order valence-electron chi connectivity index (χ0n) is 13.8. The molecule has 1 rings (SSSR count). The van der Waals surface area contributed by atoms with Gasteiger partial charge in [-0.05, 0) is 37.4 Å². The summed E-state index contributed by atoms with van der Waals surface area (Å²) >= 11 is 0. The minimum Gasteiger partial charge on any atom is -0.491 e. The Kier molecular flexibility index (Phi) is 9.11. The fourth-order valence-corrected chi connectivity index (χ4v) is 2.36. The topological polar surface area (TPSA) is 41.5 Å². The second-order valence-corrected chi connectivity index (χ2v) is 5.81. The molecular formula is C18H31NO2. The van der Waals surface area contributed by atoms with Crippen LogP contribution in [0.2, 0.25) is 0 Å². The molecule has 0 aliphatic rings. The van der Waals surface area contributed by atoms with Crippen molar-refractivity contribution >= 4 is 0 Å². The smallest absolute Gasteiger partial charge is 0.122 e. The normalized spacial score (nSPS) is 13.9. The molecule has 2 unspecified atom stereocenters. The molecule has 0 saturated carbocycles. The van der Waals surface area contributed by atoms with Gasteiger partial charge in [-0.25, -0.2) is 0 Å². The van der Waals surface area contributed by atoms with Gasteiger partial charge in [-0.3, -0.25) is 0 Å². The molecule has 0 radical (unpaired) electrons. The Balaban J connectivity index is 2.19. The number of hydrogen-bond acceptors (Lipinski definition) is 3. The summed E-state index contributed by atoms with van der Waals surface area (Å²) < 4.78 is 5.66. The molecule has 0 bridgehead atoms. The molecule has 0 spiro atoms. The fraction of sp³-hybridized carbons (Fsp3) is 0.667. The zero-order chi connectivity index (χ0) is 15.5. The first-order valence-corrected chi connectivity index (χ1v) is 8.24. The molecule has 0 saturated heterocycles. The molecule has 2 N–H and O–H groups in total. The zero-order valence-corrected chi connectivity index (χ0v) is 13.8. The minimum absolute atomic E-state index is 0.337. The summed E-state index contributed by atoms with van der Waals surface area (Å²) in [5, 5.41) is 13.3. The van der Waals surface area contributed by atoms with Gasteiger partial charge in [0.05, 0.1) is 0 Å². The van der Waals surface area contributed by atoms with Crippen LogP contribution in [0.1, 0.15) is 45.1 Å². The number of unbranched alkanes of at least 4 members (excludes halogenated alkanes) is 1. The van der Waals surface area contributed by atoms with Crippen LogP contribution in [0, 0.1) is 12.8 Å². The first-order valence-electron chi connectivity index (χ1n) is 8.24. The van der Waals surface area contributed by atoms with Crippen LogP contribution < -0.4 is 10.1 Å². The summed E-state index contributed by atoms with van der Waals surface area (Å²) in [5.74, 6) is 1.57. The van der Waals surface area contributed by atoms with Gasteiger partial charge in [-0.2, -0.15) is 0 Å². The number of rotatable bonds is 11. The maximum absolute atomic E-state index is 9.98. The summed E-state index contributed by atoms with van der Waals surface area (Å²) in [5.41, 5.74) is 1.10. The van der Waals surface area contributed by atoms with E-state index in [-0.39, 0.29) is 0 Å². The van der Waals surface area contributed by atoms with Gasteiger partial charge >= 0.3 is 0 Å². The third kappa shape index (κ3) is 7.49. The van der Waals surface area contributed by atoms with Crippen molar-refractivity contribution in [2.24, 2.45) is 5.92 Å². The van der Waals surface area contributed by atoms with Crippen molar-refractivity contribution in [2.75, 3.05) is 19.7 Å². The Labute approximate surface area is 129 Å². The quantitative estimate of drug-likeness (QED) is 0.655. The molecule has 21 heavy (non-hydrogen) atoms. The standard InChI is InChI=1S/C18H31NO2/c1-4-6-10-16(5-2)12-19-13-17(20)14-21-18-11-8-7-9-15(18)3/h7-9,11,16-17,19-20H,4-6,10,12-14H2,1-3H3. The lowest BCUT2D eigenvalue weighted by Gasteiger charge is -2.18. The summed E-state index contributed by atoms with van der Waals surface area (Å²) in [6.07, 6.45) is 4.55. The lowest BCUT2D eigenvalue weighted by molar-refractivity contribution is 0.105. The van der Waals surface area contributed by atoms with Crippen LogP contribution in [0.25, 0.3) is 0 Å². The third-order valence-electron chi connectivity index (χ3n) is 3.88. The van der Waals surface area contributed by atoms with Crippen molar-refractivity contribution in [1.82, 2.24) is 5.32 Å². The highest BCUT2D eigenvalue weighted by Crippen LogP contribution is 2.16. The molecule has 120 valence electrons. The number of benzene rings is 1. The first kappa shape index (κ1) is 18.0. The van der Waals surface area contributed by atoms with E-state index in [4.69, 9.17) is 4.74 Å². The second kappa shape index (κ2) is 10.6. The number of ether oxygens (including phenoxy) is 1. The highest BCUT2D eigenvalue weighted by molar-refractivity contribution is 5.31. The highest BCUT2D eigenvalue weighted by Gasteiger charge is 2.09. The van der Waals surface area contributed by atoms with E-state index < -0.39 is 6.10 Å². The average molecular weight is 293 g/mol. The van der Waals surface area contributed by atoms with Crippen LogP contribution in [-0.2, 0) is 0 Å². The number of para-hydroxylation sites is 1. The molecule has 0 amide bonds. The van der Waals surface area contributed by atoms with Gasteiger partial charge in [-0.1, -0.05) is 51.3 Å². The summed E-state index contributed by atoms with van der Waals surface area (Å²) in [7, 11) is 0. The van der Waals surface area contributed by atoms with E-state index in [1.807, 2.05) is 31.2 Å². The lowest BCUT2D eigenvalue weighted by atomic mass is 9.99. The third-order valence-corrected chi connectivity index (χ3v) is 3.88. The summed E-state index contributed by atoms with van der Waals surface area (Å²) in [6, 6.07) is 7.89. The number of aliphatic hydroxyl groups is 1. The van der Waals surface area contributed by atoms with Gasteiger partial charge in [0.1, 0.15) is 18.5 Å². The van der Waals surface area contributed by atoms with E-state index in [1.165, 1.54) is 25.7 Å². The van der Waals surface area contributed by atoms with E-state index in [0.717, 1.165) is 23.8 Å². The van der Waals surface area contributed by atoms with Gasteiger partial charge in [-0.15, -0.1) is 0 Å². The first-order chi connectivity index (χ1) is 10.2. The second-order valence-electron chi connectivity index (χ2n) is 5.81. The average Bonchev–Trinajstić information content (AvgIpc) is 2.50. The van der Waals surface area contributed by atoms with Gasteiger partial charge in [0.2, 0.25) is 0 Å². The molecule has 1 aromatic rings. The van der Waals surface area contributed by atoms with E-state index in [1.54, 1.807) is 0 Å².